The van der Waals surface area contributed by atoms with E-state index in [1.165, 1.54) is 0 Å². The first-order valence-corrected chi connectivity index (χ1v) is 6.80. The van der Waals surface area contributed by atoms with Crippen LogP contribution in [0, 0.1) is 13.8 Å². The lowest BCUT2D eigenvalue weighted by atomic mass is 10.1. The fourth-order valence-corrected chi connectivity index (χ4v) is 2.04. The van der Waals surface area contributed by atoms with Crippen molar-refractivity contribution in [2.45, 2.75) is 26.7 Å². The largest absolute Gasteiger partial charge is 0.493 e. The third-order valence-corrected chi connectivity index (χ3v) is 2.86. The van der Waals surface area contributed by atoms with Crippen LogP contribution in [0.2, 0.25) is 0 Å². The number of alkyl halides is 2. The first-order valence-electron chi connectivity index (χ1n) is 6.80. The molecular weight excluding hydrogens is 280 g/mol. The smallest absolute Gasteiger partial charge is 0.255 e. The van der Waals surface area contributed by atoms with Crippen molar-refractivity contribution in [3.05, 3.63) is 29.3 Å². The molecule has 0 saturated carbocycles. The minimum atomic E-state index is -2.61. The van der Waals surface area contributed by atoms with Crippen molar-refractivity contribution in [2.75, 3.05) is 26.3 Å². The van der Waals surface area contributed by atoms with Gasteiger partial charge in [-0.15, -0.1) is 0 Å². The molecule has 1 aromatic carbocycles. The lowest BCUT2D eigenvalue weighted by molar-refractivity contribution is -0.134. The quantitative estimate of drug-likeness (QED) is 0.800. The third kappa shape index (κ3) is 6.53. The van der Waals surface area contributed by atoms with E-state index in [0.29, 0.717) is 5.75 Å². The van der Waals surface area contributed by atoms with Crippen LogP contribution >= 0.6 is 0 Å². The molecule has 0 bridgehead atoms. The number of benzene rings is 1. The van der Waals surface area contributed by atoms with Gasteiger partial charge >= 0.3 is 0 Å². The monoisotopic (exact) mass is 301 g/mol. The molecule has 6 heteroatoms. The van der Waals surface area contributed by atoms with Crippen LogP contribution in [0.5, 0.6) is 5.75 Å². The third-order valence-electron chi connectivity index (χ3n) is 2.86. The molecule has 118 valence electrons. The summed E-state index contributed by atoms with van der Waals surface area (Å²) < 4.78 is 30.1. The molecule has 0 atom stereocenters. The molecule has 0 saturated heterocycles. The number of hydrogen-bond acceptors (Lipinski definition) is 3. The second-order valence-electron chi connectivity index (χ2n) is 4.88. The Hall–Kier alpha value is -1.69. The Balaban J connectivity index is 2.47. The van der Waals surface area contributed by atoms with Gasteiger partial charge in [-0.25, -0.2) is 8.78 Å². The highest BCUT2D eigenvalue weighted by Gasteiger charge is 2.17. The normalized spacial score (nSPS) is 10.8. The van der Waals surface area contributed by atoms with Gasteiger partial charge in [0.15, 0.2) is 0 Å². The van der Waals surface area contributed by atoms with Crippen molar-refractivity contribution in [3.8, 4) is 5.75 Å². The molecule has 0 radical (unpaired) electrons. The number of ether oxygens (including phenoxy) is 1. The van der Waals surface area contributed by atoms with E-state index in [9.17, 15) is 13.6 Å². The predicted octanol–water partition coefficient (Wildman–Crippen LogP) is 2.16. The van der Waals surface area contributed by atoms with Crippen molar-refractivity contribution >= 4 is 5.91 Å². The molecule has 0 aliphatic carbocycles. The van der Waals surface area contributed by atoms with Crippen LogP contribution < -0.4 is 4.74 Å². The summed E-state index contributed by atoms with van der Waals surface area (Å²) in [5.41, 5.74) is 2.10. The van der Waals surface area contributed by atoms with Gasteiger partial charge in [0.1, 0.15) is 5.75 Å². The Morgan fingerprint density at radius 3 is 2.43 bits per heavy atom. The SMILES string of the molecule is Cc1cc(C)cc(OCCC(=O)N(CCO)CC(F)F)c1. The molecule has 0 spiro atoms. The highest BCUT2D eigenvalue weighted by Crippen LogP contribution is 2.16. The van der Waals surface area contributed by atoms with E-state index in [0.717, 1.165) is 16.0 Å². The zero-order chi connectivity index (χ0) is 15.8. The summed E-state index contributed by atoms with van der Waals surface area (Å²) in [6.45, 7) is 2.91. The summed E-state index contributed by atoms with van der Waals surface area (Å²) in [6, 6.07) is 5.70. The standard InChI is InChI=1S/C15H21F2NO3/c1-11-7-12(2)9-13(8-11)21-6-3-15(20)18(4-5-19)10-14(16)17/h7-9,14,19H,3-6,10H2,1-2H3. The minimum absolute atomic E-state index is 0.000288. The first kappa shape index (κ1) is 17.4. The summed E-state index contributed by atoms with van der Waals surface area (Å²) in [5, 5.41) is 8.79. The predicted molar refractivity (Wildman–Crippen MR) is 75.7 cm³/mol. The van der Waals surface area contributed by atoms with Gasteiger partial charge < -0.3 is 14.7 Å². The number of rotatable bonds is 8. The molecule has 21 heavy (non-hydrogen) atoms. The van der Waals surface area contributed by atoms with Gasteiger partial charge in [-0.1, -0.05) is 6.07 Å². The summed E-state index contributed by atoms with van der Waals surface area (Å²) in [5.74, 6) is 0.205. The van der Waals surface area contributed by atoms with Gasteiger partial charge in [-0.05, 0) is 37.1 Å². The Morgan fingerprint density at radius 1 is 1.29 bits per heavy atom. The van der Waals surface area contributed by atoms with E-state index in [1.54, 1.807) is 0 Å². The van der Waals surface area contributed by atoms with Gasteiger partial charge in [0.25, 0.3) is 6.43 Å². The van der Waals surface area contributed by atoms with Crippen LogP contribution in [0.15, 0.2) is 18.2 Å². The summed E-state index contributed by atoms with van der Waals surface area (Å²) in [4.78, 5) is 12.7. The molecule has 0 heterocycles. The maximum absolute atomic E-state index is 12.3. The number of aliphatic hydroxyl groups excluding tert-OH is 1. The lowest BCUT2D eigenvalue weighted by Gasteiger charge is -2.21. The maximum Gasteiger partial charge on any atom is 0.255 e. The zero-order valence-electron chi connectivity index (χ0n) is 12.3. The van der Waals surface area contributed by atoms with E-state index in [-0.39, 0.29) is 26.2 Å². The van der Waals surface area contributed by atoms with Crippen LogP contribution in [0.4, 0.5) is 8.78 Å². The van der Waals surface area contributed by atoms with Crippen molar-refractivity contribution in [1.29, 1.82) is 0 Å². The van der Waals surface area contributed by atoms with Crippen molar-refractivity contribution in [1.82, 2.24) is 4.90 Å². The fourth-order valence-electron chi connectivity index (χ4n) is 2.04. The molecule has 0 unspecified atom stereocenters. The van der Waals surface area contributed by atoms with Crippen LogP contribution in [-0.2, 0) is 4.79 Å². The van der Waals surface area contributed by atoms with Gasteiger partial charge in [0.05, 0.1) is 26.2 Å². The van der Waals surface area contributed by atoms with E-state index >= 15 is 0 Å². The fraction of sp³-hybridized carbons (Fsp3) is 0.533. The molecular formula is C15H21F2NO3. The second-order valence-corrected chi connectivity index (χ2v) is 4.88. The molecule has 0 aliphatic rings. The van der Waals surface area contributed by atoms with Crippen molar-refractivity contribution in [3.63, 3.8) is 0 Å². The summed E-state index contributed by atoms with van der Waals surface area (Å²) in [7, 11) is 0. The van der Waals surface area contributed by atoms with Gasteiger partial charge in [0.2, 0.25) is 5.91 Å². The van der Waals surface area contributed by atoms with Gasteiger partial charge in [-0.2, -0.15) is 0 Å². The van der Waals surface area contributed by atoms with Gasteiger partial charge in [-0.3, -0.25) is 4.79 Å². The maximum atomic E-state index is 12.3. The van der Waals surface area contributed by atoms with Crippen LogP contribution in [-0.4, -0.2) is 48.6 Å². The second kappa shape index (κ2) is 8.56. The summed E-state index contributed by atoms with van der Waals surface area (Å²) >= 11 is 0. The number of hydrogen-bond donors (Lipinski definition) is 1. The topological polar surface area (TPSA) is 49.8 Å². The highest BCUT2D eigenvalue weighted by molar-refractivity contribution is 5.76. The average molecular weight is 301 g/mol. The molecule has 4 nitrogen and oxygen atoms in total. The van der Waals surface area contributed by atoms with Crippen molar-refractivity contribution < 1.29 is 23.4 Å². The number of aliphatic hydroxyl groups is 1. The molecule has 0 fully saturated rings. The Bertz CT molecular complexity index is 446. The van der Waals surface area contributed by atoms with Crippen LogP contribution in [0.25, 0.3) is 0 Å². The Kier molecular flexibility index (Phi) is 7.08. The highest BCUT2D eigenvalue weighted by atomic mass is 19.3. The zero-order valence-corrected chi connectivity index (χ0v) is 12.3. The molecule has 1 N–H and O–H groups in total. The number of halogens is 2. The van der Waals surface area contributed by atoms with E-state index < -0.39 is 18.9 Å². The molecule has 1 aromatic rings. The molecule has 0 aliphatic heterocycles. The summed E-state index contributed by atoms with van der Waals surface area (Å²) in [6.07, 6.45) is -2.61. The Morgan fingerprint density at radius 2 is 1.90 bits per heavy atom. The number of amides is 1. The average Bonchev–Trinajstić information content (AvgIpc) is 2.36. The number of carbonyl (C=O) groups excluding carboxylic acids is 1. The molecule has 1 rings (SSSR count). The molecule has 1 amide bonds. The lowest BCUT2D eigenvalue weighted by Crippen LogP contribution is -2.37. The van der Waals surface area contributed by atoms with E-state index in [1.807, 2.05) is 32.0 Å². The van der Waals surface area contributed by atoms with E-state index in [2.05, 4.69) is 0 Å². The van der Waals surface area contributed by atoms with Gasteiger partial charge in [0, 0.05) is 6.54 Å². The minimum Gasteiger partial charge on any atom is -0.493 e. The number of aryl methyl sites for hydroxylation is 2. The number of carbonyl (C=O) groups is 1. The van der Waals surface area contributed by atoms with Crippen molar-refractivity contribution in [2.24, 2.45) is 0 Å². The molecule has 0 aromatic heterocycles. The first-order chi connectivity index (χ1) is 9.92. The van der Waals surface area contributed by atoms with Crippen LogP contribution in [0.3, 0.4) is 0 Å². The Labute approximate surface area is 123 Å². The van der Waals surface area contributed by atoms with E-state index in [4.69, 9.17) is 9.84 Å². The van der Waals surface area contributed by atoms with Crippen LogP contribution in [0.1, 0.15) is 17.5 Å². The number of nitrogens with zero attached hydrogens (tertiary/aromatic N) is 1.